The highest BCUT2D eigenvalue weighted by Gasteiger charge is 2.23. The summed E-state index contributed by atoms with van der Waals surface area (Å²) in [6.07, 6.45) is 0. The number of benzene rings is 2. The fourth-order valence-electron chi connectivity index (χ4n) is 3.99. The lowest BCUT2D eigenvalue weighted by molar-refractivity contribution is -0.124. The predicted octanol–water partition coefficient (Wildman–Crippen LogP) is 3.09. The van der Waals surface area contributed by atoms with E-state index in [0.717, 1.165) is 16.9 Å². The number of ether oxygens (including phenoxy) is 2. The summed E-state index contributed by atoms with van der Waals surface area (Å²) in [6.45, 7) is 5.56. The number of para-hydroxylation sites is 1. The summed E-state index contributed by atoms with van der Waals surface area (Å²) in [5.74, 6) is 0.933. The minimum Gasteiger partial charge on any atom is -0.497 e. The summed E-state index contributed by atoms with van der Waals surface area (Å²) >= 11 is 0. The van der Waals surface area contributed by atoms with Crippen LogP contribution in [0.1, 0.15) is 29.9 Å². The number of amides is 1. The molecule has 0 saturated heterocycles. The standard InChI is InChI=1S/C25H27N5O4/c1-15-22-16(2)29(19-9-7-6-8-10-19)28-23(22)25(32)30(27-15)17(3)24(31)26-14-18-13-20(33-4)11-12-21(18)34-5/h6-13,17H,14H2,1-5H3,(H,26,31)/t17-/m0/s1. The highest BCUT2D eigenvalue weighted by molar-refractivity contribution is 5.84. The van der Waals surface area contributed by atoms with Crippen molar-refractivity contribution in [3.8, 4) is 17.2 Å². The van der Waals surface area contributed by atoms with Gasteiger partial charge in [-0.2, -0.15) is 10.2 Å². The third-order valence-corrected chi connectivity index (χ3v) is 5.83. The van der Waals surface area contributed by atoms with Crippen molar-refractivity contribution in [1.82, 2.24) is 24.9 Å². The van der Waals surface area contributed by atoms with Gasteiger partial charge in [0.25, 0.3) is 5.56 Å². The molecule has 9 nitrogen and oxygen atoms in total. The van der Waals surface area contributed by atoms with Gasteiger partial charge in [0.1, 0.15) is 17.5 Å². The quantitative estimate of drug-likeness (QED) is 0.454. The Hall–Kier alpha value is -4.14. The number of carbonyl (C=O) groups excluding carboxylic acids is 1. The monoisotopic (exact) mass is 461 g/mol. The lowest BCUT2D eigenvalue weighted by Crippen LogP contribution is -2.37. The molecule has 1 atom stereocenters. The van der Waals surface area contributed by atoms with E-state index in [4.69, 9.17) is 9.47 Å². The maximum absolute atomic E-state index is 13.3. The van der Waals surface area contributed by atoms with Gasteiger partial charge < -0.3 is 14.8 Å². The molecule has 0 radical (unpaired) electrons. The van der Waals surface area contributed by atoms with Crippen molar-refractivity contribution >= 4 is 16.8 Å². The van der Waals surface area contributed by atoms with Crippen molar-refractivity contribution in [2.75, 3.05) is 14.2 Å². The molecule has 9 heteroatoms. The number of hydrogen-bond acceptors (Lipinski definition) is 6. The van der Waals surface area contributed by atoms with Gasteiger partial charge in [0.05, 0.1) is 36.7 Å². The molecule has 0 spiro atoms. The van der Waals surface area contributed by atoms with Crippen LogP contribution in [-0.2, 0) is 11.3 Å². The second kappa shape index (κ2) is 9.38. The highest BCUT2D eigenvalue weighted by atomic mass is 16.5. The molecular weight excluding hydrogens is 434 g/mol. The molecule has 0 aliphatic heterocycles. The largest absolute Gasteiger partial charge is 0.497 e. The van der Waals surface area contributed by atoms with Gasteiger partial charge in [0.2, 0.25) is 5.91 Å². The molecule has 0 saturated carbocycles. The van der Waals surface area contributed by atoms with Gasteiger partial charge in [0.15, 0.2) is 5.52 Å². The van der Waals surface area contributed by atoms with Crippen LogP contribution in [0.5, 0.6) is 11.5 Å². The van der Waals surface area contributed by atoms with Crippen LogP contribution >= 0.6 is 0 Å². The Labute approximate surface area is 196 Å². The highest BCUT2D eigenvalue weighted by Crippen LogP contribution is 2.24. The first-order chi connectivity index (χ1) is 16.3. The predicted molar refractivity (Wildman–Crippen MR) is 129 cm³/mol. The molecule has 4 rings (SSSR count). The Morgan fingerprint density at radius 1 is 1.06 bits per heavy atom. The zero-order valence-electron chi connectivity index (χ0n) is 19.8. The number of nitrogens with one attached hydrogen (secondary N) is 1. The molecule has 2 heterocycles. The van der Waals surface area contributed by atoms with E-state index in [1.54, 1.807) is 44.0 Å². The zero-order chi connectivity index (χ0) is 24.4. The van der Waals surface area contributed by atoms with Crippen molar-refractivity contribution in [3.63, 3.8) is 0 Å². The van der Waals surface area contributed by atoms with Gasteiger partial charge in [-0.05, 0) is 51.1 Å². The second-order valence-corrected chi connectivity index (χ2v) is 7.96. The third kappa shape index (κ3) is 4.12. The Kier molecular flexibility index (Phi) is 6.36. The molecular formula is C25H27N5O4. The van der Waals surface area contributed by atoms with E-state index in [-0.39, 0.29) is 18.0 Å². The van der Waals surface area contributed by atoms with Gasteiger partial charge in [-0.1, -0.05) is 18.2 Å². The summed E-state index contributed by atoms with van der Waals surface area (Å²) in [5, 5.41) is 12.6. The normalized spacial score (nSPS) is 11.9. The molecule has 4 aromatic rings. The summed E-state index contributed by atoms with van der Waals surface area (Å²) in [6, 6.07) is 14.1. The average molecular weight is 462 g/mol. The molecule has 176 valence electrons. The SMILES string of the molecule is COc1ccc(OC)c(CNC(=O)[C@H](C)n2nc(C)c3c(C)n(-c4ccccc4)nc3c2=O)c1. The number of rotatable bonds is 7. The average Bonchev–Trinajstić information content (AvgIpc) is 3.22. The molecule has 0 bridgehead atoms. The molecule has 1 N–H and O–H groups in total. The van der Waals surface area contributed by atoms with E-state index >= 15 is 0 Å². The molecule has 0 aliphatic carbocycles. The first-order valence-corrected chi connectivity index (χ1v) is 10.9. The van der Waals surface area contributed by atoms with Crippen LogP contribution in [0.25, 0.3) is 16.6 Å². The number of hydrogen-bond donors (Lipinski definition) is 1. The first kappa shape index (κ1) is 23.0. The zero-order valence-corrected chi connectivity index (χ0v) is 19.8. The number of aromatic nitrogens is 4. The summed E-state index contributed by atoms with van der Waals surface area (Å²) < 4.78 is 13.5. The maximum atomic E-state index is 13.3. The topological polar surface area (TPSA) is 100 Å². The number of carbonyl (C=O) groups is 1. The van der Waals surface area contributed by atoms with E-state index in [1.165, 1.54) is 4.68 Å². The summed E-state index contributed by atoms with van der Waals surface area (Å²) in [4.78, 5) is 26.2. The van der Waals surface area contributed by atoms with E-state index in [1.807, 2.05) is 44.2 Å². The smallest absolute Gasteiger partial charge is 0.295 e. The summed E-state index contributed by atoms with van der Waals surface area (Å²) in [5.41, 5.74) is 2.91. The Morgan fingerprint density at radius 2 is 1.79 bits per heavy atom. The van der Waals surface area contributed by atoms with Crippen molar-refractivity contribution < 1.29 is 14.3 Å². The molecule has 0 unspecified atom stereocenters. The molecule has 2 aromatic heterocycles. The maximum Gasteiger partial charge on any atom is 0.295 e. The molecule has 34 heavy (non-hydrogen) atoms. The van der Waals surface area contributed by atoms with Gasteiger partial charge in [-0.15, -0.1) is 0 Å². The van der Waals surface area contributed by atoms with Crippen LogP contribution in [0.2, 0.25) is 0 Å². The van der Waals surface area contributed by atoms with Crippen molar-refractivity contribution in [2.45, 2.75) is 33.4 Å². The minimum absolute atomic E-state index is 0.210. The van der Waals surface area contributed by atoms with Gasteiger partial charge in [-0.3, -0.25) is 9.59 Å². The fraction of sp³-hybridized carbons (Fsp3) is 0.280. The number of nitrogens with zero attached hydrogens (tertiary/aromatic N) is 4. The first-order valence-electron chi connectivity index (χ1n) is 10.9. The van der Waals surface area contributed by atoms with Crippen LogP contribution in [0.3, 0.4) is 0 Å². The van der Waals surface area contributed by atoms with Crippen LogP contribution in [-0.4, -0.2) is 39.7 Å². The third-order valence-electron chi connectivity index (χ3n) is 5.83. The number of methoxy groups -OCH3 is 2. The molecule has 0 aliphatic rings. The van der Waals surface area contributed by atoms with Crippen LogP contribution in [0.15, 0.2) is 53.3 Å². The van der Waals surface area contributed by atoms with Crippen molar-refractivity contribution in [1.29, 1.82) is 0 Å². The van der Waals surface area contributed by atoms with Crippen molar-refractivity contribution in [2.24, 2.45) is 0 Å². The minimum atomic E-state index is -0.839. The lowest BCUT2D eigenvalue weighted by atomic mass is 10.1. The van der Waals surface area contributed by atoms with E-state index in [9.17, 15) is 9.59 Å². The Bertz CT molecular complexity index is 1410. The van der Waals surface area contributed by atoms with Crippen LogP contribution < -0.4 is 20.3 Å². The van der Waals surface area contributed by atoms with E-state index < -0.39 is 11.6 Å². The molecule has 2 aromatic carbocycles. The summed E-state index contributed by atoms with van der Waals surface area (Å²) in [7, 11) is 3.14. The lowest BCUT2D eigenvalue weighted by Gasteiger charge is -2.16. The van der Waals surface area contributed by atoms with Crippen LogP contribution in [0, 0.1) is 13.8 Å². The van der Waals surface area contributed by atoms with Gasteiger partial charge >= 0.3 is 0 Å². The van der Waals surface area contributed by atoms with E-state index in [2.05, 4.69) is 15.5 Å². The Morgan fingerprint density at radius 3 is 2.47 bits per heavy atom. The Balaban J connectivity index is 1.64. The van der Waals surface area contributed by atoms with E-state index in [0.29, 0.717) is 22.6 Å². The fourth-order valence-corrected chi connectivity index (χ4v) is 3.99. The second-order valence-electron chi connectivity index (χ2n) is 7.96. The van der Waals surface area contributed by atoms with Crippen molar-refractivity contribution in [3.05, 3.63) is 75.8 Å². The number of fused-ring (bicyclic) bond motifs is 1. The van der Waals surface area contributed by atoms with Gasteiger partial charge in [0, 0.05) is 12.1 Å². The molecule has 0 fully saturated rings. The molecule has 1 amide bonds. The van der Waals surface area contributed by atoms with Gasteiger partial charge in [-0.25, -0.2) is 9.36 Å². The van der Waals surface area contributed by atoms with Crippen LogP contribution in [0.4, 0.5) is 0 Å². The number of aryl methyl sites for hydroxylation is 2.